The summed E-state index contributed by atoms with van der Waals surface area (Å²) in [6, 6.07) is 0. The second kappa shape index (κ2) is 13.6. The first kappa shape index (κ1) is 24.6. The molecule has 0 spiro atoms. The highest BCUT2D eigenvalue weighted by atomic mass is 16.6. The zero-order valence-electron chi connectivity index (χ0n) is 18.4. The van der Waals surface area contributed by atoms with Gasteiger partial charge in [-0.3, -0.25) is 0 Å². The molecule has 2 fully saturated rings. The lowest BCUT2D eigenvalue weighted by atomic mass is 9.72. The number of rotatable bonds is 12. The highest BCUT2D eigenvalue weighted by Gasteiger charge is 2.31. The van der Waals surface area contributed by atoms with Gasteiger partial charge in [0.1, 0.15) is 6.61 Å². The van der Waals surface area contributed by atoms with Gasteiger partial charge in [0.25, 0.3) is 0 Å². The van der Waals surface area contributed by atoms with Crippen LogP contribution in [-0.4, -0.2) is 50.1 Å². The van der Waals surface area contributed by atoms with Crippen molar-refractivity contribution in [2.75, 3.05) is 19.8 Å². The van der Waals surface area contributed by atoms with Crippen molar-refractivity contribution in [2.24, 2.45) is 11.8 Å². The molecule has 0 amide bonds. The maximum Gasteiger partial charge on any atom is 0.330 e. The van der Waals surface area contributed by atoms with Crippen molar-refractivity contribution in [3.05, 3.63) is 25.3 Å². The lowest BCUT2D eigenvalue weighted by molar-refractivity contribution is -0.158. The Hall–Kier alpha value is -1.66. The minimum Gasteiger partial charge on any atom is -0.458 e. The Morgan fingerprint density at radius 1 is 0.833 bits per heavy atom. The van der Waals surface area contributed by atoms with Crippen LogP contribution in [0.5, 0.6) is 0 Å². The predicted molar refractivity (Wildman–Crippen MR) is 115 cm³/mol. The third-order valence-corrected chi connectivity index (χ3v) is 6.21. The van der Waals surface area contributed by atoms with Crippen LogP contribution in [0.15, 0.2) is 25.3 Å². The molecule has 0 radical (unpaired) electrons. The summed E-state index contributed by atoms with van der Waals surface area (Å²) in [7, 11) is 0. The molecule has 2 aliphatic rings. The zero-order chi connectivity index (χ0) is 21.8. The van der Waals surface area contributed by atoms with E-state index >= 15 is 0 Å². The number of esters is 2. The molecule has 6 nitrogen and oxygen atoms in total. The molecular formula is C24H38O6. The minimum absolute atomic E-state index is 0.0525. The first-order chi connectivity index (χ1) is 14.5. The van der Waals surface area contributed by atoms with Crippen molar-refractivity contribution in [2.45, 2.75) is 83.0 Å². The number of hydrogen-bond acceptors (Lipinski definition) is 6. The topological polar surface area (TPSA) is 71.1 Å². The molecule has 0 aromatic heterocycles. The predicted octanol–water partition coefficient (Wildman–Crippen LogP) is 4.37. The van der Waals surface area contributed by atoms with E-state index < -0.39 is 18.0 Å². The van der Waals surface area contributed by atoms with Crippen LogP contribution >= 0.6 is 0 Å². The van der Waals surface area contributed by atoms with Crippen LogP contribution in [0.3, 0.4) is 0 Å². The molecule has 0 aromatic rings. The number of carbonyl (C=O) groups excluding carboxylic acids is 2. The van der Waals surface area contributed by atoms with Crippen molar-refractivity contribution in [1.29, 1.82) is 0 Å². The van der Waals surface area contributed by atoms with E-state index in [1.165, 1.54) is 38.5 Å². The first-order valence-electron chi connectivity index (χ1n) is 11.4. The average molecular weight is 423 g/mol. The van der Waals surface area contributed by atoms with E-state index in [4.69, 9.17) is 18.9 Å². The molecule has 30 heavy (non-hydrogen) atoms. The summed E-state index contributed by atoms with van der Waals surface area (Å²) in [6.07, 6.45) is 12.6. The van der Waals surface area contributed by atoms with Crippen LogP contribution in [0.4, 0.5) is 0 Å². The van der Waals surface area contributed by atoms with E-state index in [0.717, 1.165) is 49.9 Å². The van der Waals surface area contributed by atoms with E-state index in [1.807, 2.05) is 0 Å². The van der Waals surface area contributed by atoms with Gasteiger partial charge in [-0.25, -0.2) is 9.59 Å². The number of hydrogen-bond donors (Lipinski definition) is 0. The monoisotopic (exact) mass is 422 g/mol. The van der Waals surface area contributed by atoms with Crippen LogP contribution in [0.25, 0.3) is 0 Å². The second-order valence-corrected chi connectivity index (χ2v) is 8.37. The summed E-state index contributed by atoms with van der Waals surface area (Å²) in [6.45, 7) is 9.96. The molecule has 6 heteroatoms. The van der Waals surface area contributed by atoms with Gasteiger partial charge in [-0.05, 0) is 69.6 Å². The number of ether oxygens (including phenoxy) is 4. The molecule has 2 saturated carbocycles. The summed E-state index contributed by atoms with van der Waals surface area (Å²) in [4.78, 5) is 22.8. The average Bonchev–Trinajstić information content (AvgIpc) is 2.79. The van der Waals surface area contributed by atoms with E-state index in [2.05, 4.69) is 20.1 Å². The Labute approximate surface area is 181 Å². The normalized spacial score (nSPS) is 27.6. The van der Waals surface area contributed by atoms with Gasteiger partial charge in [-0.15, -0.1) is 0 Å². The van der Waals surface area contributed by atoms with Crippen molar-refractivity contribution < 1.29 is 28.5 Å². The Morgan fingerprint density at radius 2 is 1.37 bits per heavy atom. The molecule has 0 aliphatic heterocycles. The number of carbonyl (C=O) groups is 2. The van der Waals surface area contributed by atoms with Crippen molar-refractivity contribution in [1.82, 2.24) is 0 Å². The summed E-state index contributed by atoms with van der Waals surface area (Å²) in [5, 5.41) is 0. The van der Waals surface area contributed by atoms with Crippen LogP contribution in [0.2, 0.25) is 0 Å². The molecule has 0 saturated heterocycles. The Balaban J connectivity index is 1.69. The minimum atomic E-state index is -0.643. The van der Waals surface area contributed by atoms with Crippen LogP contribution in [-0.2, 0) is 28.5 Å². The third-order valence-electron chi connectivity index (χ3n) is 6.21. The molecule has 2 aliphatic carbocycles. The van der Waals surface area contributed by atoms with Gasteiger partial charge in [0.05, 0.1) is 18.8 Å². The van der Waals surface area contributed by atoms with Gasteiger partial charge in [0.2, 0.25) is 0 Å². The van der Waals surface area contributed by atoms with Gasteiger partial charge in [-0.1, -0.05) is 20.1 Å². The first-order valence-corrected chi connectivity index (χ1v) is 11.4. The van der Waals surface area contributed by atoms with E-state index in [1.54, 1.807) is 0 Å². The summed E-state index contributed by atoms with van der Waals surface area (Å²) >= 11 is 0. The molecule has 2 rings (SSSR count). The van der Waals surface area contributed by atoms with E-state index in [-0.39, 0.29) is 19.3 Å². The Bertz CT molecular complexity index is 544. The van der Waals surface area contributed by atoms with Crippen molar-refractivity contribution >= 4 is 11.9 Å². The Kier molecular flexibility index (Phi) is 11.2. The SMILES string of the molecule is C=CC(=O)OCC(COC1CCC(C2CCC(OCCC)CC2)CC1)OC(=O)C=C. The summed E-state index contributed by atoms with van der Waals surface area (Å²) in [5.74, 6) is 0.484. The van der Waals surface area contributed by atoms with Gasteiger partial charge in [-0.2, -0.15) is 0 Å². The highest BCUT2D eigenvalue weighted by molar-refractivity contribution is 5.82. The molecule has 0 heterocycles. The molecule has 1 atom stereocenters. The van der Waals surface area contributed by atoms with Crippen LogP contribution in [0.1, 0.15) is 64.7 Å². The van der Waals surface area contributed by atoms with Crippen molar-refractivity contribution in [3.8, 4) is 0 Å². The fraction of sp³-hybridized carbons (Fsp3) is 0.750. The lowest BCUT2D eigenvalue weighted by Gasteiger charge is -2.37. The zero-order valence-corrected chi connectivity index (χ0v) is 18.4. The maximum atomic E-state index is 11.5. The van der Waals surface area contributed by atoms with Gasteiger partial charge in [0.15, 0.2) is 6.10 Å². The molecular weight excluding hydrogens is 384 g/mol. The quantitative estimate of drug-likeness (QED) is 0.343. The molecule has 170 valence electrons. The molecule has 0 bridgehead atoms. The van der Waals surface area contributed by atoms with Crippen LogP contribution in [0, 0.1) is 11.8 Å². The summed E-state index contributed by atoms with van der Waals surface area (Å²) in [5.41, 5.74) is 0. The van der Waals surface area contributed by atoms with E-state index in [0.29, 0.717) is 6.10 Å². The maximum absolute atomic E-state index is 11.5. The molecule has 0 aromatic carbocycles. The van der Waals surface area contributed by atoms with Gasteiger partial charge < -0.3 is 18.9 Å². The smallest absolute Gasteiger partial charge is 0.330 e. The van der Waals surface area contributed by atoms with Crippen molar-refractivity contribution in [3.63, 3.8) is 0 Å². The van der Waals surface area contributed by atoms with E-state index in [9.17, 15) is 9.59 Å². The largest absolute Gasteiger partial charge is 0.458 e. The third kappa shape index (κ3) is 8.60. The highest BCUT2D eigenvalue weighted by Crippen LogP contribution is 2.39. The molecule has 1 unspecified atom stereocenters. The second-order valence-electron chi connectivity index (χ2n) is 8.37. The fourth-order valence-corrected chi connectivity index (χ4v) is 4.54. The standard InChI is InChI=1S/C24H38O6/c1-4-15-27-20-11-7-18(8-12-20)19-9-13-21(14-10-19)28-16-22(30-24(26)6-3)17-29-23(25)5-2/h5-6,18-22H,2-4,7-17H2,1H3. The Morgan fingerprint density at radius 3 is 1.87 bits per heavy atom. The van der Waals surface area contributed by atoms with Gasteiger partial charge >= 0.3 is 11.9 Å². The molecule has 0 N–H and O–H groups in total. The van der Waals surface area contributed by atoms with Crippen LogP contribution < -0.4 is 0 Å². The van der Waals surface area contributed by atoms with Gasteiger partial charge in [0, 0.05) is 18.8 Å². The lowest BCUT2D eigenvalue weighted by Crippen LogP contribution is -2.34. The summed E-state index contributed by atoms with van der Waals surface area (Å²) < 4.78 is 22.2. The fourth-order valence-electron chi connectivity index (χ4n) is 4.54.